The number of benzene rings is 3. The van der Waals surface area contributed by atoms with E-state index >= 15 is 0 Å². The second kappa shape index (κ2) is 10.9. The van der Waals surface area contributed by atoms with E-state index in [0.29, 0.717) is 11.5 Å². The minimum atomic E-state index is -0.0219. The van der Waals surface area contributed by atoms with E-state index in [1.807, 2.05) is 83.4 Å². The van der Waals surface area contributed by atoms with Crippen LogP contribution < -0.4 is 10.6 Å². The van der Waals surface area contributed by atoms with E-state index in [0.717, 1.165) is 55.1 Å². The highest BCUT2D eigenvalue weighted by Crippen LogP contribution is 2.23. The lowest BCUT2D eigenvalue weighted by molar-refractivity contribution is 0.0909. The maximum atomic E-state index is 13.0. The quantitative estimate of drug-likeness (QED) is 0.306. The largest absolute Gasteiger partial charge is 0.349 e. The number of nitrogens with one attached hydrogen (secondary N) is 2. The number of amides is 1. The van der Waals surface area contributed by atoms with Crippen molar-refractivity contribution in [1.29, 1.82) is 0 Å². The number of aromatic nitrogens is 3. The van der Waals surface area contributed by atoms with Gasteiger partial charge in [0.15, 0.2) is 5.65 Å². The molecule has 1 aliphatic rings. The van der Waals surface area contributed by atoms with Crippen molar-refractivity contribution in [3.05, 3.63) is 114 Å². The zero-order valence-electron chi connectivity index (χ0n) is 21.1. The van der Waals surface area contributed by atoms with Gasteiger partial charge in [0.1, 0.15) is 0 Å². The Morgan fingerprint density at radius 1 is 0.816 bits per heavy atom. The lowest BCUT2D eigenvalue weighted by Crippen LogP contribution is -2.44. The number of carbonyl (C=O) groups excluding carboxylic acids is 1. The van der Waals surface area contributed by atoms with Crippen LogP contribution in [0.3, 0.4) is 0 Å². The summed E-state index contributed by atoms with van der Waals surface area (Å²) in [6, 6.07) is 34.2. The highest BCUT2D eigenvalue weighted by atomic mass is 16.1. The molecule has 3 heterocycles. The second-order valence-corrected chi connectivity index (χ2v) is 9.69. The number of likely N-dealkylation sites (tertiary alicyclic amines) is 1. The van der Waals surface area contributed by atoms with E-state index < -0.39 is 0 Å². The number of pyridine rings is 1. The summed E-state index contributed by atoms with van der Waals surface area (Å²) in [5.41, 5.74) is 5.56. The minimum Gasteiger partial charge on any atom is -0.349 e. The third-order valence-corrected chi connectivity index (χ3v) is 7.00. The first-order chi connectivity index (χ1) is 18.7. The standard InChI is InChI=1S/C31H30N6O/c38-30(32-27-18-20-36(21-19-27)22-23-8-3-1-4-9-23)25-16-14-24(15-17-25)28-12-7-13-29-34-31(35-37(28)29)33-26-10-5-2-6-11-26/h1-17,27H,18-22H2,(H,32,38)(H,33,35). The van der Waals surface area contributed by atoms with Crippen molar-refractivity contribution in [3.8, 4) is 11.3 Å². The van der Waals surface area contributed by atoms with Crippen LogP contribution in [0.1, 0.15) is 28.8 Å². The Hall–Kier alpha value is -4.49. The van der Waals surface area contributed by atoms with Crippen LogP contribution in [0.2, 0.25) is 0 Å². The van der Waals surface area contributed by atoms with Crippen LogP contribution in [-0.4, -0.2) is 44.5 Å². The molecule has 0 atom stereocenters. The van der Waals surface area contributed by atoms with E-state index in [2.05, 4.69) is 49.9 Å². The van der Waals surface area contributed by atoms with Gasteiger partial charge in [0, 0.05) is 42.5 Å². The van der Waals surface area contributed by atoms with Gasteiger partial charge in [-0.05, 0) is 54.8 Å². The summed E-state index contributed by atoms with van der Waals surface area (Å²) < 4.78 is 1.82. The molecule has 1 fully saturated rings. The normalized spacial score (nSPS) is 14.4. The average molecular weight is 503 g/mol. The predicted molar refractivity (Wildman–Crippen MR) is 150 cm³/mol. The van der Waals surface area contributed by atoms with Gasteiger partial charge in [0.2, 0.25) is 5.95 Å². The summed E-state index contributed by atoms with van der Waals surface area (Å²) in [5.74, 6) is 0.515. The SMILES string of the molecule is O=C(NC1CCN(Cc2ccccc2)CC1)c1ccc(-c2cccc3nc(Nc4ccccc4)nn23)cc1. The van der Waals surface area contributed by atoms with Crippen molar-refractivity contribution < 1.29 is 4.79 Å². The number of hydrogen-bond acceptors (Lipinski definition) is 5. The fourth-order valence-corrected chi connectivity index (χ4v) is 4.97. The number of carbonyl (C=O) groups is 1. The molecule has 2 aromatic heterocycles. The molecule has 5 aromatic rings. The maximum Gasteiger partial charge on any atom is 0.251 e. The molecule has 0 bridgehead atoms. The Balaban J connectivity index is 1.09. The number of fused-ring (bicyclic) bond motifs is 1. The van der Waals surface area contributed by atoms with E-state index in [1.165, 1.54) is 5.56 Å². The van der Waals surface area contributed by atoms with E-state index in [4.69, 9.17) is 0 Å². The van der Waals surface area contributed by atoms with Crippen molar-refractivity contribution in [2.45, 2.75) is 25.4 Å². The number of hydrogen-bond donors (Lipinski definition) is 2. The molecule has 190 valence electrons. The first kappa shape index (κ1) is 23.9. The molecule has 0 spiro atoms. The molecule has 7 nitrogen and oxygen atoms in total. The first-order valence-electron chi connectivity index (χ1n) is 13.1. The second-order valence-electron chi connectivity index (χ2n) is 9.69. The molecule has 38 heavy (non-hydrogen) atoms. The highest BCUT2D eigenvalue weighted by Gasteiger charge is 2.21. The Labute approximate surface area is 222 Å². The van der Waals surface area contributed by atoms with E-state index in [-0.39, 0.29) is 11.9 Å². The van der Waals surface area contributed by atoms with Crippen LogP contribution in [0.5, 0.6) is 0 Å². The Kier molecular flexibility index (Phi) is 6.83. The molecule has 7 heteroatoms. The maximum absolute atomic E-state index is 13.0. The van der Waals surface area contributed by atoms with Gasteiger partial charge in [-0.2, -0.15) is 4.98 Å². The lowest BCUT2D eigenvalue weighted by atomic mass is 10.0. The zero-order chi connectivity index (χ0) is 25.7. The van der Waals surface area contributed by atoms with Crippen LogP contribution in [-0.2, 0) is 6.54 Å². The monoisotopic (exact) mass is 502 g/mol. The molecule has 1 amide bonds. The van der Waals surface area contributed by atoms with Crippen molar-refractivity contribution >= 4 is 23.2 Å². The number of para-hydroxylation sites is 1. The number of anilines is 2. The van der Waals surface area contributed by atoms with Crippen molar-refractivity contribution in [3.63, 3.8) is 0 Å². The predicted octanol–water partition coefficient (Wildman–Crippen LogP) is 5.53. The van der Waals surface area contributed by atoms with Gasteiger partial charge in [-0.25, -0.2) is 4.52 Å². The van der Waals surface area contributed by atoms with E-state index in [9.17, 15) is 4.79 Å². The summed E-state index contributed by atoms with van der Waals surface area (Å²) in [4.78, 5) is 20.0. The molecule has 0 unspecified atom stereocenters. The third kappa shape index (κ3) is 5.43. The van der Waals surface area contributed by atoms with Crippen LogP contribution >= 0.6 is 0 Å². The van der Waals surface area contributed by atoms with E-state index in [1.54, 1.807) is 0 Å². The van der Waals surface area contributed by atoms with Crippen LogP contribution in [0.15, 0.2) is 103 Å². The Morgan fingerprint density at radius 3 is 2.26 bits per heavy atom. The first-order valence-corrected chi connectivity index (χ1v) is 13.1. The summed E-state index contributed by atoms with van der Waals surface area (Å²) in [6.07, 6.45) is 1.93. The van der Waals surface area contributed by atoms with Crippen LogP contribution in [0, 0.1) is 0 Å². The topological polar surface area (TPSA) is 74.6 Å². The molecular formula is C31H30N6O. The number of nitrogens with zero attached hydrogens (tertiary/aromatic N) is 4. The van der Waals surface area contributed by atoms with Crippen LogP contribution in [0.4, 0.5) is 11.6 Å². The summed E-state index contributed by atoms with van der Waals surface area (Å²) >= 11 is 0. The van der Waals surface area contributed by atoms with Crippen LogP contribution in [0.25, 0.3) is 16.9 Å². The fourth-order valence-electron chi connectivity index (χ4n) is 4.97. The summed E-state index contributed by atoms with van der Waals surface area (Å²) in [7, 11) is 0. The lowest BCUT2D eigenvalue weighted by Gasteiger charge is -2.32. The Bertz CT molecular complexity index is 1510. The summed E-state index contributed by atoms with van der Waals surface area (Å²) in [5, 5.41) is 11.1. The molecule has 2 N–H and O–H groups in total. The molecule has 1 aliphatic heterocycles. The number of piperidine rings is 1. The summed E-state index contributed by atoms with van der Waals surface area (Å²) in [6.45, 7) is 2.94. The molecule has 0 saturated carbocycles. The minimum absolute atomic E-state index is 0.0219. The van der Waals surface area contributed by atoms with Gasteiger partial charge >= 0.3 is 0 Å². The molecule has 0 radical (unpaired) electrons. The molecular weight excluding hydrogens is 472 g/mol. The van der Waals surface area contributed by atoms with Crippen molar-refractivity contribution in [1.82, 2.24) is 24.8 Å². The highest BCUT2D eigenvalue weighted by molar-refractivity contribution is 5.94. The average Bonchev–Trinajstić information content (AvgIpc) is 3.38. The van der Waals surface area contributed by atoms with Gasteiger partial charge < -0.3 is 10.6 Å². The van der Waals surface area contributed by atoms with Gasteiger partial charge in [0.25, 0.3) is 5.91 Å². The molecule has 6 rings (SSSR count). The molecule has 1 saturated heterocycles. The van der Waals surface area contributed by atoms with Crippen molar-refractivity contribution in [2.24, 2.45) is 0 Å². The third-order valence-electron chi connectivity index (χ3n) is 7.00. The smallest absolute Gasteiger partial charge is 0.251 e. The Morgan fingerprint density at radius 2 is 1.53 bits per heavy atom. The van der Waals surface area contributed by atoms with Gasteiger partial charge in [-0.1, -0.05) is 66.7 Å². The fraction of sp³-hybridized carbons (Fsp3) is 0.194. The van der Waals surface area contributed by atoms with Gasteiger partial charge in [-0.3, -0.25) is 9.69 Å². The van der Waals surface area contributed by atoms with Crippen molar-refractivity contribution in [2.75, 3.05) is 18.4 Å². The van der Waals surface area contributed by atoms with Gasteiger partial charge in [-0.15, -0.1) is 5.10 Å². The molecule has 3 aromatic carbocycles. The molecule has 0 aliphatic carbocycles. The number of rotatable bonds is 7. The zero-order valence-corrected chi connectivity index (χ0v) is 21.1. The van der Waals surface area contributed by atoms with Gasteiger partial charge in [0.05, 0.1) is 5.69 Å².